The Labute approximate surface area is 111 Å². The zero-order chi connectivity index (χ0) is 12.0. The van der Waals surface area contributed by atoms with Crippen molar-refractivity contribution in [1.82, 2.24) is 0 Å². The predicted molar refractivity (Wildman–Crippen MR) is 74.8 cm³/mol. The highest BCUT2D eigenvalue weighted by atomic mass is 127. The molecule has 0 aromatic heterocycles. The highest BCUT2D eigenvalue weighted by Crippen LogP contribution is 2.22. The first-order valence-corrected chi connectivity index (χ1v) is 6.65. The van der Waals surface area contributed by atoms with Gasteiger partial charge in [0.25, 0.3) is 0 Å². The van der Waals surface area contributed by atoms with Crippen molar-refractivity contribution in [3.8, 4) is 5.75 Å². The van der Waals surface area contributed by atoms with Crippen LogP contribution in [0, 0.1) is 9.49 Å². The summed E-state index contributed by atoms with van der Waals surface area (Å²) in [6, 6.07) is 6.15. The Balaban J connectivity index is 2.46. The van der Waals surface area contributed by atoms with Crippen molar-refractivity contribution >= 4 is 22.6 Å². The zero-order valence-electron chi connectivity index (χ0n) is 10.1. The summed E-state index contributed by atoms with van der Waals surface area (Å²) in [6.07, 6.45) is 1.17. The second-order valence-corrected chi connectivity index (χ2v) is 5.16. The highest BCUT2D eigenvalue weighted by Gasteiger charge is 2.03. The lowest BCUT2D eigenvalue weighted by molar-refractivity contribution is 0.0910. The molecule has 0 bridgehead atoms. The molecule has 0 N–H and O–H groups in total. The number of benzene rings is 1. The average Bonchev–Trinajstić information content (AvgIpc) is 2.29. The fraction of sp³-hybridized carbons (Fsp3) is 0.538. The number of rotatable bonds is 6. The molecule has 0 heterocycles. The quantitative estimate of drug-likeness (QED) is 0.736. The van der Waals surface area contributed by atoms with Crippen LogP contribution in [0.1, 0.15) is 25.8 Å². The Kier molecular flexibility index (Phi) is 6.13. The summed E-state index contributed by atoms with van der Waals surface area (Å²) in [7, 11) is 1.69. The molecule has 0 aliphatic carbocycles. The smallest absolute Gasteiger partial charge is 0.132 e. The van der Waals surface area contributed by atoms with Gasteiger partial charge in [-0.1, -0.05) is 26.3 Å². The van der Waals surface area contributed by atoms with E-state index in [0.717, 1.165) is 15.9 Å². The summed E-state index contributed by atoms with van der Waals surface area (Å²) in [5.41, 5.74) is 1.20. The van der Waals surface area contributed by atoms with Crippen LogP contribution in [0.25, 0.3) is 0 Å². The molecule has 2 nitrogen and oxygen atoms in total. The van der Waals surface area contributed by atoms with E-state index in [0.29, 0.717) is 12.5 Å². The number of ether oxygens (including phenoxy) is 2. The first kappa shape index (κ1) is 13.8. The van der Waals surface area contributed by atoms with E-state index in [9.17, 15) is 0 Å². The molecule has 0 aliphatic rings. The van der Waals surface area contributed by atoms with Gasteiger partial charge in [0.1, 0.15) is 5.75 Å². The van der Waals surface area contributed by atoms with Crippen LogP contribution in [0.4, 0.5) is 0 Å². The van der Waals surface area contributed by atoms with Gasteiger partial charge in [0.15, 0.2) is 0 Å². The van der Waals surface area contributed by atoms with Gasteiger partial charge < -0.3 is 9.47 Å². The summed E-state index contributed by atoms with van der Waals surface area (Å²) < 4.78 is 12.0. The third-order valence-electron chi connectivity index (χ3n) is 2.58. The van der Waals surface area contributed by atoms with E-state index in [1.165, 1.54) is 12.0 Å². The van der Waals surface area contributed by atoms with E-state index in [-0.39, 0.29) is 0 Å². The largest absolute Gasteiger partial charge is 0.496 e. The van der Waals surface area contributed by atoms with Gasteiger partial charge >= 0.3 is 0 Å². The topological polar surface area (TPSA) is 18.5 Å². The molecule has 0 spiro atoms. The average molecular weight is 334 g/mol. The Morgan fingerprint density at radius 1 is 1.38 bits per heavy atom. The molecule has 90 valence electrons. The molecule has 0 fully saturated rings. The molecule has 0 saturated carbocycles. The number of methoxy groups -OCH3 is 1. The van der Waals surface area contributed by atoms with Crippen LogP contribution in [0.5, 0.6) is 5.75 Å². The SMILES string of the molecule is CCC(C)COCc1ccc(OC)c(I)c1. The molecule has 1 rings (SSSR count). The second-order valence-electron chi connectivity index (χ2n) is 4.00. The summed E-state index contributed by atoms with van der Waals surface area (Å²) in [6.45, 7) is 5.91. The molecule has 0 saturated heterocycles. The number of hydrogen-bond acceptors (Lipinski definition) is 2. The van der Waals surface area contributed by atoms with E-state index in [1.54, 1.807) is 7.11 Å². The van der Waals surface area contributed by atoms with Crippen molar-refractivity contribution in [2.45, 2.75) is 26.9 Å². The van der Waals surface area contributed by atoms with Gasteiger partial charge in [-0.2, -0.15) is 0 Å². The Morgan fingerprint density at radius 3 is 2.69 bits per heavy atom. The summed E-state index contributed by atoms with van der Waals surface area (Å²) in [5.74, 6) is 1.56. The Hall–Kier alpha value is -0.290. The Bertz CT molecular complexity index is 326. The van der Waals surface area contributed by atoms with E-state index in [2.05, 4.69) is 48.6 Å². The van der Waals surface area contributed by atoms with Gasteiger partial charge in [0, 0.05) is 6.61 Å². The van der Waals surface area contributed by atoms with Crippen molar-refractivity contribution in [2.75, 3.05) is 13.7 Å². The molecule has 1 aromatic carbocycles. The van der Waals surface area contributed by atoms with Crippen LogP contribution in [0.2, 0.25) is 0 Å². The van der Waals surface area contributed by atoms with E-state index in [1.807, 2.05) is 6.07 Å². The molecule has 1 unspecified atom stereocenters. The van der Waals surface area contributed by atoms with E-state index >= 15 is 0 Å². The molecule has 1 atom stereocenters. The first-order chi connectivity index (χ1) is 7.67. The van der Waals surface area contributed by atoms with Crippen molar-refractivity contribution < 1.29 is 9.47 Å². The molecular weight excluding hydrogens is 315 g/mol. The third kappa shape index (κ3) is 4.29. The van der Waals surface area contributed by atoms with E-state index < -0.39 is 0 Å². The van der Waals surface area contributed by atoms with Crippen LogP contribution < -0.4 is 4.74 Å². The second kappa shape index (κ2) is 7.12. The molecule has 0 aliphatic heterocycles. The van der Waals surface area contributed by atoms with Gasteiger partial charge in [-0.05, 0) is 46.2 Å². The molecule has 0 radical (unpaired) electrons. The van der Waals surface area contributed by atoms with Crippen LogP contribution in [-0.4, -0.2) is 13.7 Å². The Morgan fingerprint density at radius 2 is 2.12 bits per heavy atom. The summed E-state index contributed by atoms with van der Waals surface area (Å²) >= 11 is 2.28. The van der Waals surface area contributed by atoms with E-state index in [4.69, 9.17) is 9.47 Å². The van der Waals surface area contributed by atoms with Crippen molar-refractivity contribution in [3.05, 3.63) is 27.3 Å². The van der Waals surface area contributed by atoms with Gasteiger partial charge in [0.2, 0.25) is 0 Å². The first-order valence-electron chi connectivity index (χ1n) is 5.57. The van der Waals surface area contributed by atoms with Crippen molar-refractivity contribution in [1.29, 1.82) is 0 Å². The minimum atomic E-state index is 0.636. The minimum Gasteiger partial charge on any atom is -0.496 e. The lowest BCUT2D eigenvalue weighted by Crippen LogP contribution is -2.04. The molecule has 1 aromatic rings. The highest BCUT2D eigenvalue weighted by molar-refractivity contribution is 14.1. The van der Waals surface area contributed by atoms with Crippen LogP contribution in [-0.2, 0) is 11.3 Å². The normalized spacial score (nSPS) is 12.5. The maximum atomic E-state index is 5.66. The maximum Gasteiger partial charge on any atom is 0.132 e. The molecular formula is C13H19IO2. The monoisotopic (exact) mass is 334 g/mol. The fourth-order valence-corrected chi connectivity index (χ4v) is 2.10. The summed E-state index contributed by atoms with van der Waals surface area (Å²) in [4.78, 5) is 0. The zero-order valence-corrected chi connectivity index (χ0v) is 12.3. The number of halogens is 1. The maximum absolute atomic E-state index is 5.66. The minimum absolute atomic E-state index is 0.636. The van der Waals surface area contributed by atoms with Crippen LogP contribution >= 0.6 is 22.6 Å². The third-order valence-corrected chi connectivity index (χ3v) is 3.43. The van der Waals surface area contributed by atoms with Crippen molar-refractivity contribution in [2.24, 2.45) is 5.92 Å². The number of hydrogen-bond donors (Lipinski definition) is 0. The van der Waals surface area contributed by atoms with Crippen LogP contribution in [0.3, 0.4) is 0 Å². The standard InChI is InChI=1S/C13H19IO2/c1-4-10(2)8-16-9-11-5-6-13(15-3)12(14)7-11/h5-7,10H,4,8-9H2,1-3H3. The summed E-state index contributed by atoms with van der Waals surface area (Å²) in [5, 5.41) is 0. The van der Waals surface area contributed by atoms with Gasteiger partial charge in [0.05, 0.1) is 17.3 Å². The lowest BCUT2D eigenvalue weighted by Gasteiger charge is -2.10. The van der Waals surface area contributed by atoms with Gasteiger partial charge in [-0.3, -0.25) is 0 Å². The molecule has 0 amide bonds. The predicted octanol–water partition coefficient (Wildman–Crippen LogP) is 3.86. The van der Waals surface area contributed by atoms with Gasteiger partial charge in [-0.25, -0.2) is 0 Å². The lowest BCUT2D eigenvalue weighted by atomic mass is 10.1. The van der Waals surface area contributed by atoms with Crippen molar-refractivity contribution in [3.63, 3.8) is 0 Å². The molecule has 16 heavy (non-hydrogen) atoms. The molecule has 3 heteroatoms. The van der Waals surface area contributed by atoms with Gasteiger partial charge in [-0.15, -0.1) is 0 Å². The fourth-order valence-electron chi connectivity index (χ4n) is 1.30. The van der Waals surface area contributed by atoms with Crippen LogP contribution in [0.15, 0.2) is 18.2 Å².